The quantitative estimate of drug-likeness (QED) is 0.0202. The van der Waals surface area contributed by atoms with Crippen LogP contribution >= 0.6 is 7.82 Å². The maximum Gasteiger partial charge on any atom is 0.472 e. The van der Waals surface area contributed by atoms with Gasteiger partial charge in [0.25, 0.3) is 0 Å². The Hall–Kier alpha value is -2.56. The predicted molar refractivity (Wildman–Crippen MR) is 226 cm³/mol. The van der Waals surface area contributed by atoms with E-state index in [0.717, 1.165) is 57.8 Å². The van der Waals surface area contributed by atoms with Crippen molar-refractivity contribution < 1.29 is 47.8 Å². The predicted octanol–water partition coefficient (Wildman–Crippen LogP) is 11.0. The van der Waals surface area contributed by atoms with Crippen LogP contribution in [0, 0.1) is 0 Å². The van der Waals surface area contributed by atoms with E-state index in [-0.39, 0.29) is 12.8 Å². The average Bonchev–Trinajstić information content (AvgIpc) is 3.17. The van der Waals surface area contributed by atoms with Crippen molar-refractivity contribution in [1.82, 2.24) is 5.32 Å². The van der Waals surface area contributed by atoms with Crippen LogP contribution in [0.3, 0.4) is 0 Å². The fourth-order valence-electron chi connectivity index (χ4n) is 5.74. The second-order valence-electron chi connectivity index (χ2n) is 14.5. The third-order valence-corrected chi connectivity index (χ3v) is 10.1. The van der Waals surface area contributed by atoms with Gasteiger partial charge in [0, 0.05) is 12.8 Å². The first kappa shape index (κ1) is 53.4. The molecule has 0 aromatic rings. The smallest absolute Gasteiger partial charge is 0.472 e. The van der Waals surface area contributed by atoms with Crippen molar-refractivity contribution in [2.24, 2.45) is 0 Å². The number of ether oxygens (including phenoxy) is 1. The number of hydrogen-bond donors (Lipinski definition) is 4. The zero-order valence-corrected chi connectivity index (χ0v) is 35.8. The number of unbranched alkanes of at least 4 members (excludes halogenated alkanes) is 18. The highest BCUT2D eigenvalue weighted by Gasteiger charge is 2.28. The summed E-state index contributed by atoms with van der Waals surface area (Å²) in [7, 11) is -4.76. The van der Waals surface area contributed by atoms with Crippen LogP contribution in [-0.2, 0) is 32.7 Å². The number of allylic oxidation sites excluding steroid dienone is 8. The molecule has 0 saturated carbocycles. The minimum Gasteiger partial charge on any atom is -0.480 e. The summed E-state index contributed by atoms with van der Waals surface area (Å²) >= 11 is 0. The molecule has 0 aromatic heterocycles. The lowest BCUT2D eigenvalue weighted by molar-refractivity contribution is -0.147. The molecule has 0 saturated heterocycles. The Kier molecular flexibility index (Phi) is 37.5. The fourth-order valence-corrected chi connectivity index (χ4v) is 6.51. The van der Waals surface area contributed by atoms with Crippen LogP contribution in [-0.4, -0.2) is 64.9 Å². The van der Waals surface area contributed by atoms with E-state index in [1.807, 2.05) is 0 Å². The van der Waals surface area contributed by atoms with Gasteiger partial charge in [-0.15, -0.1) is 0 Å². The number of esters is 1. The summed E-state index contributed by atoms with van der Waals surface area (Å²) < 4.78 is 26.8. The SMILES string of the molecule is CC/C=C\C/C=C\C/C=C\CCCCCC(=O)NC(COP(=O)(O)OCC(O)COC(=O)CCCCCCCCCCC/C=C/CCCCCCCC)C(=O)O. The fraction of sp³-hybridized carbons (Fsp3) is 0.750. The lowest BCUT2D eigenvalue weighted by atomic mass is 10.1. The molecule has 0 rings (SSSR count). The van der Waals surface area contributed by atoms with Crippen molar-refractivity contribution in [1.29, 1.82) is 0 Å². The lowest BCUT2D eigenvalue weighted by Gasteiger charge is -2.18. The zero-order chi connectivity index (χ0) is 41.4. The monoisotopic (exact) mass is 812 g/mol. The summed E-state index contributed by atoms with van der Waals surface area (Å²) in [6, 6.07) is -1.56. The summed E-state index contributed by atoms with van der Waals surface area (Å²) in [4.78, 5) is 45.8. The molecular formula is C44H78NO10P. The van der Waals surface area contributed by atoms with Gasteiger partial charge < -0.3 is 25.2 Å². The van der Waals surface area contributed by atoms with Crippen LogP contribution in [0.25, 0.3) is 0 Å². The maximum atomic E-state index is 12.3. The van der Waals surface area contributed by atoms with Gasteiger partial charge in [-0.2, -0.15) is 0 Å². The Labute approximate surface area is 339 Å². The van der Waals surface area contributed by atoms with Crippen molar-refractivity contribution in [2.75, 3.05) is 19.8 Å². The number of carbonyl (C=O) groups is 3. The molecule has 0 aliphatic heterocycles. The van der Waals surface area contributed by atoms with Gasteiger partial charge in [-0.05, 0) is 70.6 Å². The third kappa shape index (κ3) is 38.3. The first-order valence-electron chi connectivity index (χ1n) is 21.7. The van der Waals surface area contributed by atoms with Crippen LogP contribution in [0.2, 0.25) is 0 Å². The van der Waals surface area contributed by atoms with Crippen molar-refractivity contribution in [3.63, 3.8) is 0 Å². The number of aliphatic hydroxyl groups excluding tert-OH is 1. The summed E-state index contributed by atoms with van der Waals surface area (Å²) in [5.74, 6) is -2.42. The van der Waals surface area contributed by atoms with Gasteiger partial charge >= 0.3 is 19.8 Å². The van der Waals surface area contributed by atoms with Crippen molar-refractivity contribution >= 4 is 25.7 Å². The molecule has 4 N–H and O–H groups in total. The lowest BCUT2D eigenvalue weighted by Crippen LogP contribution is -2.43. The third-order valence-electron chi connectivity index (χ3n) is 9.10. The number of nitrogens with one attached hydrogen (secondary N) is 1. The Bertz CT molecular complexity index is 1140. The number of hydrogen-bond acceptors (Lipinski definition) is 8. The molecule has 0 spiro atoms. The van der Waals surface area contributed by atoms with E-state index in [4.69, 9.17) is 13.8 Å². The van der Waals surface area contributed by atoms with E-state index in [1.165, 1.54) is 83.5 Å². The number of rotatable bonds is 40. The number of carboxylic acids is 1. The Morgan fingerprint density at radius 3 is 1.59 bits per heavy atom. The molecule has 3 atom stereocenters. The van der Waals surface area contributed by atoms with Crippen LogP contribution in [0.4, 0.5) is 0 Å². The summed E-state index contributed by atoms with van der Waals surface area (Å²) in [6.45, 7) is 2.44. The van der Waals surface area contributed by atoms with Crippen LogP contribution in [0.15, 0.2) is 48.6 Å². The highest BCUT2D eigenvalue weighted by Crippen LogP contribution is 2.43. The molecule has 3 unspecified atom stereocenters. The molecule has 11 nitrogen and oxygen atoms in total. The van der Waals surface area contributed by atoms with Crippen molar-refractivity contribution in [2.45, 2.75) is 193 Å². The summed E-state index contributed by atoms with van der Waals surface area (Å²) in [5, 5.41) is 21.8. The maximum absolute atomic E-state index is 12.3. The molecule has 0 aliphatic carbocycles. The second-order valence-corrected chi connectivity index (χ2v) is 16.0. The minimum atomic E-state index is -4.76. The van der Waals surface area contributed by atoms with Crippen molar-refractivity contribution in [3.05, 3.63) is 48.6 Å². The highest BCUT2D eigenvalue weighted by atomic mass is 31.2. The molecule has 12 heteroatoms. The average molecular weight is 812 g/mol. The first-order valence-corrected chi connectivity index (χ1v) is 23.2. The van der Waals surface area contributed by atoms with E-state index in [0.29, 0.717) is 12.8 Å². The molecule has 0 radical (unpaired) electrons. The molecular weight excluding hydrogens is 733 g/mol. The van der Waals surface area contributed by atoms with E-state index in [2.05, 4.69) is 67.8 Å². The van der Waals surface area contributed by atoms with Gasteiger partial charge in [-0.3, -0.25) is 18.6 Å². The van der Waals surface area contributed by atoms with E-state index >= 15 is 0 Å². The molecule has 56 heavy (non-hydrogen) atoms. The number of phosphoric ester groups is 1. The van der Waals surface area contributed by atoms with Gasteiger partial charge in [0.2, 0.25) is 5.91 Å². The number of aliphatic carboxylic acids is 1. The number of phosphoric acid groups is 1. The Morgan fingerprint density at radius 2 is 1.04 bits per heavy atom. The molecule has 0 heterocycles. The van der Waals surface area contributed by atoms with E-state index < -0.39 is 57.6 Å². The number of amides is 1. The van der Waals surface area contributed by atoms with Crippen LogP contribution in [0.5, 0.6) is 0 Å². The number of carbonyl (C=O) groups excluding carboxylic acids is 2. The van der Waals surface area contributed by atoms with E-state index in [1.54, 1.807) is 0 Å². The van der Waals surface area contributed by atoms with Crippen molar-refractivity contribution in [3.8, 4) is 0 Å². The minimum absolute atomic E-state index is 0.109. The topological polar surface area (TPSA) is 169 Å². The summed E-state index contributed by atoms with van der Waals surface area (Å²) in [5.41, 5.74) is 0. The molecule has 0 aromatic carbocycles. The standard InChI is InChI=1S/C44H78NO10P/c1-3-5-7-9-11-13-15-17-18-19-20-21-22-24-26-28-30-32-34-36-43(48)53-37-40(46)38-54-56(51,52)55-39-41(44(49)50)45-42(47)35-33-31-29-27-25-23-16-14-12-10-8-6-4-2/h6,8,12,14,17-18,23,25,40-41,46H,3-5,7,9-11,13,15-16,19-22,24,26-39H2,1-2H3,(H,45,47)(H,49,50)(H,51,52)/b8-6-,14-12-,18-17+,25-23-. The van der Waals surface area contributed by atoms with Crippen LogP contribution < -0.4 is 5.32 Å². The normalized spacial score (nSPS) is 14.2. The van der Waals surface area contributed by atoms with E-state index in [9.17, 15) is 34.1 Å². The zero-order valence-electron chi connectivity index (χ0n) is 34.9. The summed E-state index contributed by atoms with van der Waals surface area (Å²) in [6.07, 6.45) is 42.9. The van der Waals surface area contributed by atoms with Gasteiger partial charge in [-0.1, -0.05) is 146 Å². The number of carboxylic acid groups (broad SMARTS) is 1. The molecule has 0 fully saturated rings. The molecule has 0 aliphatic rings. The van der Waals surface area contributed by atoms with Crippen LogP contribution in [0.1, 0.15) is 181 Å². The Morgan fingerprint density at radius 1 is 0.589 bits per heavy atom. The van der Waals surface area contributed by atoms with Gasteiger partial charge in [0.1, 0.15) is 12.7 Å². The van der Waals surface area contributed by atoms with Gasteiger partial charge in [0.05, 0.1) is 13.2 Å². The first-order chi connectivity index (χ1) is 27.1. The van der Waals surface area contributed by atoms with Gasteiger partial charge in [-0.25, -0.2) is 9.36 Å². The number of aliphatic hydroxyl groups is 1. The molecule has 0 bridgehead atoms. The Balaban J connectivity index is 3.90. The molecule has 324 valence electrons. The van der Waals surface area contributed by atoms with Gasteiger partial charge in [0.15, 0.2) is 6.04 Å². The highest BCUT2D eigenvalue weighted by molar-refractivity contribution is 7.47. The largest absolute Gasteiger partial charge is 0.480 e. The second kappa shape index (κ2) is 39.3. The molecule has 1 amide bonds.